The zero-order valence-corrected chi connectivity index (χ0v) is 8.79. The van der Waals surface area contributed by atoms with Crippen molar-refractivity contribution in [2.75, 3.05) is 0 Å². The molecule has 0 saturated heterocycles. The fraction of sp³-hybridized carbons (Fsp3) is 0. The molecule has 2 rings (SSSR count). The molecule has 0 heterocycles. The van der Waals surface area contributed by atoms with Crippen LogP contribution >= 0.6 is 0 Å². The molecule has 86 valence electrons. The van der Waals surface area contributed by atoms with Crippen molar-refractivity contribution >= 4 is 5.78 Å². The molecule has 0 aromatic heterocycles. The van der Waals surface area contributed by atoms with Gasteiger partial charge in [0.15, 0.2) is 5.78 Å². The van der Waals surface area contributed by atoms with Gasteiger partial charge in [0.2, 0.25) is 0 Å². The third kappa shape index (κ3) is 2.20. The van der Waals surface area contributed by atoms with Crippen LogP contribution in [-0.4, -0.2) is 21.1 Å². The Morgan fingerprint density at radius 2 is 1.59 bits per heavy atom. The van der Waals surface area contributed by atoms with E-state index in [9.17, 15) is 20.1 Å². The van der Waals surface area contributed by atoms with Crippen LogP contribution in [0.25, 0.3) is 0 Å². The summed E-state index contributed by atoms with van der Waals surface area (Å²) in [6.45, 7) is 0. The van der Waals surface area contributed by atoms with E-state index < -0.39 is 5.78 Å². The molecule has 0 fully saturated rings. The monoisotopic (exact) mass is 230 g/mol. The third-order valence-electron chi connectivity index (χ3n) is 2.33. The Hall–Kier alpha value is -2.49. The molecule has 0 aliphatic rings. The van der Waals surface area contributed by atoms with Gasteiger partial charge in [0.05, 0.1) is 5.56 Å². The van der Waals surface area contributed by atoms with Crippen molar-refractivity contribution in [2.45, 2.75) is 0 Å². The van der Waals surface area contributed by atoms with Gasteiger partial charge in [0.1, 0.15) is 17.2 Å². The molecule has 2 aromatic rings. The summed E-state index contributed by atoms with van der Waals surface area (Å²) in [5.41, 5.74) is 0.238. The molecule has 0 unspecified atom stereocenters. The quantitative estimate of drug-likeness (QED) is 0.545. The van der Waals surface area contributed by atoms with Crippen LogP contribution in [0.1, 0.15) is 15.9 Å². The molecule has 0 radical (unpaired) electrons. The van der Waals surface area contributed by atoms with Gasteiger partial charge in [0.25, 0.3) is 0 Å². The maximum atomic E-state index is 12.0. The molecule has 4 heteroatoms. The molecular weight excluding hydrogens is 220 g/mol. The lowest BCUT2D eigenvalue weighted by Crippen LogP contribution is -2.01. The van der Waals surface area contributed by atoms with Crippen LogP contribution in [0.4, 0.5) is 0 Å². The number of phenols is 3. The van der Waals surface area contributed by atoms with E-state index in [0.29, 0.717) is 0 Å². The SMILES string of the molecule is O=C(c1cccc(O)c1)c1cc(O)ccc1O. The number of hydrogen-bond acceptors (Lipinski definition) is 4. The Morgan fingerprint density at radius 1 is 0.882 bits per heavy atom. The largest absolute Gasteiger partial charge is 0.508 e. The van der Waals surface area contributed by atoms with Crippen molar-refractivity contribution in [1.82, 2.24) is 0 Å². The number of carbonyl (C=O) groups is 1. The Labute approximate surface area is 97.4 Å². The Bertz CT molecular complexity index is 575. The number of carbonyl (C=O) groups excluding carboxylic acids is 1. The summed E-state index contributed by atoms with van der Waals surface area (Å²) in [4.78, 5) is 12.0. The fourth-order valence-corrected chi connectivity index (χ4v) is 1.51. The minimum atomic E-state index is -0.464. The summed E-state index contributed by atoms with van der Waals surface area (Å²) in [7, 11) is 0. The maximum absolute atomic E-state index is 12.0. The highest BCUT2D eigenvalue weighted by Crippen LogP contribution is 2.25. The molecule has 0 saturated carbocycles. The Kier molecular flexibility index (Phi) is 2.70. The van der Waals surface area contributed by atoms with Gasteiger partial charge in [-0.15, -0.1) is 0 Å². The van der Waals surface area contributed by atoms with Gasteiger partial charge in [-0.2, -0.15) is 0 Å². The lowest BCUT2D eigenvalue weighted by molar-refractivity contribution is 0.103. The first-order valence-electron chi connectivity index (χ1n) is 4.93. The third-order valence-corrected chi connectivity index (χ3v) is 2.33. The molecule has 0 aliphatic heterocycles. The van der Waals surface area contributed by atoms with Crippen LogP contribution in [0, 0.1) is 0 Å². The summed E-state index contributed by atoms with van der Waals surface area (Å²) >= 11 is 0. The zero-order chi connectivity index (χ0) is 12.4. The van der Waals surface area contributed by atoms with E-state index in [1.807, 2.05) is 0 Å². The van der Waals surface area contributed by atoms with E-state index in [4.69, 9.17) is 0 Å². The predicted octanol–water partition coefficient (Wildman–Crippen LogP) is 2.03. The van der Waals surface area contributed by atoms with Crippen LogP contribution in [0.2, 0.25) is 0 Å². The average molecular weight is 230 g/mol. The van der Waals surface area contributed by atoms with E-state index >= 15 is 0 Å². The predicted molar refractivity (Wildman–Crippen MR) is 61.3 cm³/mol. The molecule has 0 amide bonds. The Balaban J connectivity index is 2.47. The van der Waals surface area contributed by atoms with Crippen molar-refractivity contribution in [3.63, 3.8) is 0 Å². The van der Waals surface area contributed by atoms with Gasteiger partial charge in [-0.1, -0.05) is 12.1 Å². The van der Waals surface area contributed by atoms with Crippen LogP contribution in [0.3, 0.4) is 0 Å². The number of hydrogen-bond donors (Lipinski definition) is 3. The summed E-state index contributed by atoms with van der Waals surface area (Å²) in [5, 5.41) is 28.1. The maximum Gasteiger partial charge on any atom is 0.197 e. The van der Waals surface area contributed by atoms with Gasteiger partial charge >= 0.3 is 0 Å². The molecule has 17 heavy (non-hydrogen) atoms. The molecule has 3 N–H and O–H groups in total. The molecule has 2 aromatic carbocycles. The molecule has 0 atom stereocenters. The van der Waals surface area contributed by atoms with Crippen LogP contribution in [-0.2, 0) is 0 Å². The van der Waals surface area contributed by atoms with E-state index in [1.165, 1.54) is 42.5 Å². The number of rotatable bonds is 2. The summed E-state index contributed by atoms with van der Waals surface area (Å²) < 4.78 is 0. The molecule has 0 bridgehead atoms. The average Bonchev–Trinajstić information content (AvgIpc) is 2.31. The molecular formula is C13H10O4. The van der Waals surface area contributed by atoms with Crippen LogP contribution in [0.15, 0.2) is 42.5 Å². The summed E-state index contributed by atoms with van der Waals surface area (Å²) in [5.74, 6) is -0.813. The van der Waals surface area contributed by atoms with Crippen molar-refractivity contribution in [3.8, 4) is 17.2 Å². The second-order valence-electron chi connectivity index (χ2n) is 3.58. The fourth-order valence-electron chi connectivity index (χ4n) is 1.51. The number of phenolic OH excluding ortho intramolecular Hbond substituents is 3. The normalized spacial score (nSPS) is 10.1. The molecule has 4 nitrogen and oxygen atoms in total. The van der Waals surface area contributed by atoms with Crippen molar-refractivity contribution < 1.29 is 20.1 Å². The van der Waals surface area contributed by atoms with Crippen molar-refractivity contribution in [1.29, 1.82) is 0 Å². The lowest BCUT2D eigenvalue weighted by Gasteiger charge is -2.04. The minimum Gasteiger partial charge on any atom is -0.508 e. The van der Waals surface area contributed by atoms with Gasteiger partial charge in [-0.3, -0.25) is 4.79 Å². The van der Waals surface area contributed by atoms with E-state index in [2.05, 4.69) is 0 Å². The van der Waals surface area contributed by atoms with Gasteiger partial charge < -0.3 is 15.3 Å². The van der Waals surface area contributed by atoms with Gasteiger partial charge in [-0.05, 0) is 30.3 Å². The molecule has 0 aliphatic carbocycles. The topological polar surface area (TPSA) is 77.8 Å². The van der Waals surface area contributed by atoms with Crippen LogP contribution < -0.4 is 0 Å². The summed E-state index contributed by atoms with van der Waals surface area (Å²) in [6.07, 6.45) is 0. The first-order valence-corrected chi connectivity index (χ1v) is 4.93. The highest BCUT2D eigenvalue weighted by molar-refractivity contribution is 6.11. The van der Waals surface area contributed by atoms with Crippen molar-refractivity contribution in [3.05, 3.63) is 53.6 Å². The lowest BCUT2D eigenvalue weighted by atomic mass is 10.0. The minimum absolute atomic E-state index is 0.00407. The number of benzene rings is 2. The Morgan fingerprint density at radius 3 is 2.29 bits per heavy atom. The zero-order valence-electron chi connectivity index (χ0n) is 8.79. The molecule has 0 spiro atoms. The van der Waals surface area contributed by atoms with Gasteiger partial charge in [-0.25, -0.2) is 0 Å². The number of aromatic hydroxyl groups is 3. The van der Waals surface area contributed by atoms with Crippen LogP contribution in [0.5, 0.6) is 17.2 Å². The highest BCUT2D eigenvalue weighted by Gasteiger charge is 2.14. The second-order valence-corrected chi connectivity index (χ2v) is 3.58. The first-order chi connectivity index (χ1) is 8.08. The van der Waals surface area contributed by atoms with Gasteiger partial charge in [0, 0.05) is 5.56 Å². The van der Waals surface area contributed by atoms with E-state index in [1.54, 1.807) is 0 Å². The van der Waals surface area contributed by atoms with E-state index in [0.717, 1.165) is 0 Å². The first kappa shape index (κ1) is 11.0. The number of ketones is 1. The van der Waals surface area contributed by atoms with Crippen molar-refractivity contribution in [2.24, 2.45) is 0 Å². The summed E-state index contributed by atoms with van der Waals surface area (Å²) in [6, 6.07) is 9.50. The standard InChI is InChI=1S/C13H10O4/c14-9-3-1-2-8(6-9)13(17)11-7-10(15)4-5-12(11)16/h1-7,14-16H. The smallest absolute Gasteiger partial charge is 0.197 e. The van der Waals surface area contributed by atoms with E-state index in [-0.39, 0.29) is 28.4 Å². The highest BCUT2D eigenvalue weighted by atomic mass is 16.3. The second kappa shape index (κ2) is 4.17.